The van der Waals surface area contributed by atoms with Gasteiger partial charge in [-0.15, -0.1) is 0 Å². The number of nitrogens with zero attached hydrogens (tertiary/aromatic N) is 5. The van der Waals surface area contributed by atoms with E-state index >= 15 is 0 Å². The SMILES string of the molecule is CNc1nc(Nc2ccc(-n3cnc(C)n3)c(OC)c2)nc2c1CCC2c1ccc(F)c(F)c1F. The Morgan fingerprint density at radius 2 is 1.91 bits per heavy atom. The number of halogens is 3. The number of nitrogens with one attached hydrogen (secondary N) is 2. The maximum atomic E-state index is 14.6. The van der Waals surface area contributed by atoms with E-state index in [1.807, 2.05) is 12.1 Å². The van der Waals surface area contributed by atoms with Crippen LogP contribution in [0.5, 0.6) is 5.75 Å². The Balaban J connectivity index is 1.51. The molecule has 1 unspecified atom stereocenters. The van der Waals surface area contributed by atoms with Crippen molar-refractivity contribution in [3.8, 4) is 11.4 Å². The number of hydrogen-bond donors (Lipinski definition) is 2. The van der Waals surface area contributed by atoms with Crippen LogP contribution in [0.1, 0.15) is 35.0 Å². The molecule has 0 saturated carbocycles. The Kier molecular flexibility index (Phi) is 5.75. The molecule has 8 nitrogen and oxygen atoms in total. The fourth-order valence-corrected chi connectivity index (χ4v) is 4.37. The van der Waals surface area contributed by atoms with Crippen molar-refractivity contribution < 1.29 is 17.9 Å². The highest BCUT2D eigenvalue weighted by molar-refractivity contribution is 5.64. The van der Waals surface area contributed by atoms with E-state index in [9.17, 15) is 13.2 Å². The van der Waals surface area contributed by atoms with Crippen LogP contribution in [0.3, 0.4) is 0 Å². The summed E-state index contributed by atoms with van der Waals surface area (Å²) in [6.07, 6.45) is 2.68. The van der Waals surface area contributed by atoms with E-state index < -0.39 is 23.4 Å². The van der Waals surface area contributed by atoms with Gasteiger partial charge in [-0.3, -0.25) is 0 Å². The smallest absolute Gasteiger partial charge is 0.229 e. The third-order valence-electron chi connectivity index (χ3n) is 6.02. The Morgan fingerprint density at radius 3 is 2.63 bits per heavy atom. The lowest BCUT2D eigenvalue weighted by Gasteiger charge is -2.16. The molecule has 0 spiro atoms. The van der Waals surface area contributed by atoms with E-state index in [-0.39, 0.29) is 11.5 Å². The maximum absolute atomic E-state index is 14.6. The Bertz CT molecular complexity index is 1420. The molecule has 1 aliphatic rings. The van der Waals surface area contributed by atoms with Crippen molar-refractivity contribution in [2.75, 3.05) is 24.8 Å². The van der Waals surface area contributed by atoms with E-state index in [0.717, 1.165) is 11.6 Å². The third-order valence-corrected chi connectivity index (χ3v) is 6.02. The third kappa shape index (κ3) is 4.02. The molecule has 2 aromatic heterocycles. The predicted molar refractivity (Wildman–Crippen MR) is 124 cm³/mol. The van der Waals surface area contributed by atoms with Gasteiger partial charge in [-0.25, -0.2) is 27.8 Å². The lowest BCUT2D eigenvalue weighted by Crippen LogP contribution is -2.09. The molecule has 2 aromatic carbocycles. The highest BCUT2D eigenvalue weighted by atomic mass is 19.2. The summed E-state index contributed by atoms with van der Waals surface area (Å²) in [6, 6.07) is 7.62. The molecular weight excluding hydrogens is 459 g/mol. The van der Waals surface area contributed by atoms with E-state index in [2.05, 4.69) is 30.7 Å². The van der Waals surface area contributed by atoms with Gasteiger partial charge in [0.1, 0.15) is 29.4 Å². The first-order chi connectivity index (χ1) is 16.9. The summed E-state index contributed by atoms with van der Waals surface area (Å²) in [5.74, 6) is -2.37. The van der Waals surface area contributed by atoms with Crippen molar-refractivity contribution in [3.05, 3.63) is 76.8 Å². The van der Waals surface area contributed by atoms with Gasteiger partial charge >= 0.3 is 0 Å². The number of aryl methyl sites for hydroxylation is 1. The molecule has 11 heteroatoms. The van der Waals surface area contributed by atoms with Crippen LogP contribution in [0.25, 0.3) is 5.69 Å². The van der Waals surface area contributed by atoms with Gasteiger partial charge < -0.3 is 15.4 Å². The molecule has 180 valence electrons. The molecule has 0 aliphatic heterocycles. The topological polar surface area (TPSA) is 89.8 Å². The lowest BCUT2D eigenvalue weighted by molar-refractivity contribution is 0.412. The first kappa shape index (κ1) is 22.6. The number of anilines is 3. The lowest BCUT2D eigenvalue weighted by atomic mass is 9.96. The monoisotopic (exact) mass is 481 g/mol. The minimum absolute atomic E-state index is 0.0727. The fourth-order valence-electron chi connectivity index (χ4n) is 4.37. The zero-order valence-electron chi connectivity index (χ0n) is 19.2. The second-order valence-electron chi connectivity index (χ2n) is 8.11. The Hall–Kier alpha value is -4.15. The highest BCUT2D eigenvalue weighted by Gasteiger charge is 2.32. The number of benzene rings is 2. The summed E-state index contributed by atoms with van der Waals surface area (Å²) in [7, 11) is 3.29. The highest BCUT2D eigenvalue weighted by Crippen LogP contribution is 2.41. The number of rotatable bonds is 6. The summed E-state index contributed by atoms with van der Waals surface area (Å²) >= 11 is 0. The second-order valence-corrected chi connectivity index (χ2v) is 8.11. The van der Waals surface area contributed by atoms with Crippen LogP contribution < -0.4 is 15.4 Å². The van der Waals surface area contributed by atoms with Gasteiger partial charge in [0.2, 0.25) is 5.95 Å². The molecule has 0 amide bonds. The number of aromatic nitrogens is 5. The second kappa shape index (κ2) is 8.90. The van der Waals surface area contributed by atoms with Gasteiger partial charge in [-0.1, -0.05) is 6.07 Å². The van der Waals surface area contributed by atoms with Crippen molar-refractivity contribution in [1.82, 2.24) is 24.7 Å². The van der Waals surface area contributed by atoms with Gasteiger partial charge in [0, 0.05) is 35.8 Å². The normalized spacial score (nSPS) is 14.6. The zero-order chi connectivity index (χ0) is 24.7. The van der Waals surface area contributed by atoms with Gasteiger partial charge in [-0.2, -0.15) is 10.1 Å². The minimum Gasteiger partial charge on any atom is -0.494 e. The average molecular weight is 481 g/mol. The van der Waals surface area contributed by atoms with E-state index in [1.54, 1.807) is 38.2 Å². The first-order valence-corrected chi connectivity index (χ1v) is 10.9. The van der Waals surface area contributed by atoms with Crippen LogP contribution in [0, 0.1) is 24.4 Å². The molecule has 0 radical (unpaired) electrons. The number of hydrogen-bond acceptors (Lipinski definition) is 7. The molecule has 5 rings (SSSR count). The predicted octanol–water partition coefficient (Wildman–Crippen LogP) is 4.66. The first-order valence-electron chi connectivity index (χ1n) is 10.9. The Morgan fingerprint density at radius 1 is 1.09 bits per heavy atom. The molecule has 4 aromatic rings. The molecule has 0 bridgehead atoms. The van der Waals surface area contributed by atoms with E-state index in [4.69, 9.17) is 4.74 Å². The van der Waals surface area contributed by atoms with E-state index in [0.29, 0.717) is 47.3 Å². The number of methoxy groups -OCH3 is 1. The molecule has 1 aliphatic carbocycles. The van der Waals surface area contributed by atoms with Crippen LogP contribution in [0.2, 0.25) is 0 Å². The quantitative estimate of drug-likeness (QED) is 0.387. The van der Waals surface area contributed by atoms with E-state index in [1.165, 1.54) is 6.07 Å². The van der Waals surface area contributed by atoms with Gasteiger partial charge in [0.25, 0.3) is 0 Å². The zero-order valence-corrected chi connectivity index (χ0v) is 19.2. The molecule has 2 heterocycles. The molecule has 35 heavy (non-hydrogen) atoms. The van der Waals surface area contributed by atoms with Crippen molar-refractivity contribution >= 4 is 17.5 Å². The van der Waals surface area contributed by atoms with Gasteiger partial charge in [0.05, 0.1) is 12.8 Å². The van der Waals surface area contributed by atoms with Crippen LogP contribution in [0.4, 0.5) is 30.6 Å². The van der Waals surface area contributed by atoms with Crippen LogP contribution in [-0.4, -0.2) is 38.9 Å². The summed E-state index contributed by atoms with van der Waals surface area (Å²) in [4.78, 5) is 13.3. The molecular formula is C24H22F3N7O. The van der Waals surface area contributed by atoms with Gasteiger partial charge in [0.15, 0.2) is 17.5 Å². The van der Waals surface area contributed by atoms with Crippen molar-refractivity contribution in [1.29, 1.82) is 0 Å². The van der Waals surface area contributed by atoms with Crippen LogP contribution in [0.15, 0.2) is 36.7 Å². The summed E-state index contributed by atoms with van der Waals surface area (Å²) in [5.41, 5.74) is 2.82. The van der Waals surface area contributed by atoms with Crippen molar-refractivity contribution in [2.24, 2.45) is 0 Å². The summed E-state index contributed by atoms with van der Waals surface area (Å²) in [5, 5.41) is 10.5. The molecule has 0 fully saturated rings. The van der Waals surface area contributed by atoms with Crippen LogP contribution >= 0.6 is 0 Å². The standard InChI is InChI=1S/C24H22F3N7O/c1-12-29-11-34(33-12)18-9-4-13(10-19(18)35-3)30-24-31-22-15(5-6-16(22)23(28-2)32-24)14-7-8-17(25)21(27)20(14)26/h4,7-11,15H,5-6H2,1-3H3,(H2,28,30,31,32). The largest absolute Gasteiger partial charge is 0.494 e. The molecule has 2 N–H and O–H groups in total. The number of fused-ring (bicyclic) bond motifs is 1. The molecule has 1 atom stereocenters. The maximum Gasteiger partial charge on any atom is 0.229 e. The summed E-state index contributed by atoms with van der Waals surface area (Å²) in [6.45, 7) is 1.79. The molecule has 0 saturated heterocycles. The number of ether oxygens (including phenoxy) is 1. The van der Waals surface area contributed by atoms with Crippen molar-refractivity contribution in [3.63, 3.8) is 0 Å². The summed E-state index contributed by atoms with van der Waals surface area (Å²) < 4.78 is 49.1. The average Bonchev–Trinajstić information content (AvgIpc) is 3.48. The van der Waals surface area contributed by atoms with Crippen molar-refractivity contribution in [2.45, 2.75) is 25.7 Å². The van der Waals surface area contributed by atoms with Gasteiger partial charge in [-0.05, 0) is 38.0 Å². The minimum atomic E-state index is -1.48. The Labute approximate surface area is 199 Å². The fraction of sp³-hybridized carbons (Fsp3) is 0.250. The van der Waals surface area contributed by atoms with Crippen LogP contribution in [-0.2, 0) is 6.42 Å².